The number of nitrogens with one attached hydrogen (secondary N) is 2. The van der Waals surface area contributed by atoms with Crippen LogP contribution in [0.3, 0.4) is 0 Å². The summed E-state index contributed by atoms with van der Waals surface area (Å²) in [7, 11) is -3.76. The molecule has 0 aliphatic heterocycles. The van der Waals surface area contributed by atoms with E-state index in [1.807, 2.05) is 32.9 Å². The minimum Gasteiger partial charge on any atom is -0.494 e. The Morgan fingerprint density at radius 3 is 2.36 bits per heavy atom. The van der Waals surface area contributed by atoms with Gasteiger partial charge in [0.2, 0.25) is 15.9 Å². The second-order valence-electron chi connectivity index (χ2n) is 5.60. The zero-order chi connectivity index (χ0) is 18.4. The maximum absolute atomic E-state index is 12.2. The molecule has 0 radical (unpaired) electrons. The van der Waals surface area contributed by atoms with Crippen molar-refractivity contribution < 1.29 is 17.9 Å². The Kier molecular flexibility index (Phi) is 6.17. The first kappa shape index (κ1) is 19.0. The molecule has 7 heteroatoms. The Morgan fingerprint density at radius 2 is 1.76 bits per heavy atom. The third-order valence-electron chi connectivity index (χ3n) is 3.52. The molecular weight excluding hydrogens is 340 g/mol. The van der Waals surface area contributed by atoms with Crippen molar-refractivity contribution >= 4 is 21.6 Å². The van der Waals surface area contributed by atoms with Crippen molar-refractivity contribution in [2.24, 2.45) is 0 Å². The summed E-state index contributed by atoms with van der Waals surface area (Å²) in [5, 5.41) is 2.70. The summed E-state index contributed by atoms with van der Waals surface area (Å²) in [4.78, 5) is 12.1. The topological polar surface area (TPSA) is 84.5 Å². The predicted molar refractivity (Wildman–Crippen MR) is 97.3 cm³/mol. The van der Waals surface area contributed by atoms with Gasteiger partial charge in [-0.15, -0.1) is 0 Å². The van der Waals surface area contributed by atoms with Gasteiger partial charge in [0.15, 0.2) is 0 Å². The number of carbonyl (C=O) groups excluding carboxylic acids is 1. The fourth-order valence-corrected chi connectivity index (χ4v) is 3.26. The molecule has 0 aliphatic carbocycles. The molecule has 0 bridgehead atoms. The van der Waals surface area contributed by atoms with E-state index in [1.54, 1.807) is 18.2 Å². The number of sulfonamides is 1. The van der Waals surface area contributed by atoms with Gasteiger partial charge in [0, 0.05) is 5.69 Å². The Hall–Kier alpha value is -2.38. The normalized spacial score (nSPS) is 11.2. The van der Waals surface area contributed by atoms with Gasteiger partial charge in [-0.2, -0.15) is 0 Å². The lowest BCUT2D eigenvalue weighted by Crippen LogP contribution is -2.33. The van der Waals surface area contributed by atoms with Crippen LogP contribution in [0.2, 0.25) is 0 Å². The SMILES string of the molecule is CCOc1ccc(S(=O)(=O)NCC(=O)Nc2ccc(C)cc2C)cc1. The third-order valence-corrected chi connectivity index (χ3v) is 4.94. The van der Waals surface area contributed by atoms with E-state index >= 15 is 0 Å². The molecule has 0 saturated heterocycles. The van der Waals surface area contributed by atoms with Gasteiger partial charge >= 0.3 is 0 Å². The first-order valence-corrected chi connectivity index (χ1v) is 9.40. The first-order valence-electron chi connectivity index (χ1n) is 7.91. The summed E-state index contributed by atoms with van der Waals surface area (Å²) in [6.45, 7) is 5.85. The lowest BCUT2D eigenvalue weighted by atomic mass is 10.1. The zero-order valence-electron chi connectivity index (χ0n) is 14.5. The molecule has 0 aromatic heterocycles. The molecule has 0 aliphatic rings. The standard InChI is InChI=1S/C18H22N2O4S/c1-4-24-15-6-8-16(9-7-15)25(22,23)19-12-18(21)20-17-10-5-13(2)11-14(17)3/h5-11,19H,4,12H2,1-3H3,(H,20,21). The van der Waals surface area contributed by atoms with Crippen molar-refractivity contribution in [1.82, 2.24) is 4.72 Å². The molecule has 6 nitrogen and oxygen atoms in total. The molecule has 25 heavy (non-hydrogen) atoms. The lowest BCUT2D eigenvalue weighted by molar-refractivity contribution is -0.115. The Labute approximate surface area is 148 Å². The van der Waals surface area contributed by atoms with Gasteiger partial charge < -0.3 is 10.1 Å². The molecule has 0 saturated carbocycles. The van der Waals surface area contributed by atoms with E-state index in [9.17, 15) is 13.2 Å². The number of carbonyl (C=O) groups is 1. The fraction of sp³-hybridized carbons (Fsp3) is 0.278. The van der Waals surface area contributed by atoms with Crippen molar-refractivity contribution in [2.45, 2.75) is 25.7 Å². The van der Waals surface area contributed by atoms with Crippen LogP contribution in [0, 0.1) is 13.8 Å². The van der Waals surface area contributed by atoms with Gasteiger partial charge in [-0.3, -0.25) is 4.79 Å². The van der Waals surface area contributed by atoms with E-state index < -0.39 is 15.9 Å². The molecule has 0 unspecified atom stereocenters. The van der Waals surface area contributed by atoms with Crippen LogP contribution >= 0.6 is 0 Å². The molecule has 0 atom stereocenters. The summed E-state index contributed by atoms with van der Waals surface area (Å²) in [6, 6.07) is 11.7. The highest BCUT2D eigenvalue weighted by atomic mass is 32.2. The second kappa shape index (κ2) is 8.13. The van der Waals surface area contributed by atoms with Crippen molar-refractivity contribution in [3.8, 4) is 5.75 Å². The predicted octanol–water partition coefficient (Wildman–Crippen LogP) is 2.62. The van der Waals surface area contributed by atoms with Crippen molar-refractivity contribution in [3.63, 3.8) is 0 Å². The van der Waals surface area contributed by atoms with Crippen molar-refractivity contribution in [1.29, 1.82) is 0 Å². The molecule has 0 heterocycles. The summed E-state index contributed by atoms with van der Waals surface area (Å²) in [5.74, 6) is 0.163. The van der Waals surface area contributed by atoms with Crippen LogP contribution in [0.4, 0.5) is 5.69 Å². The molecule has 2 aromatic rings. The smallest absolute Gasteiger partial charge is 0.241 e. The number of ether oxygens (including phenoxy) is 1. The van der Waals surface area contributed by atoms with E-state index in [1.165, 1.54) is 12.1 Å². The fourth-order valence-electron chi connectivity index (χ4n) is 2.27. The van der Waals surface area contributed by atoms with Gasteiger partial charge in [0.1, 0.15) is 5.75 Å². The highest BCUT2D eigenvalue weighted by molar-refractivity contribution is 7.89. The number of benzene rings is 2. The molecular formula is C18H22N2O4S. The Balaban J connectivity index is 1.97. The highest BCUT2D eigenvalue weighted by Crippen LogP contribution is 2.17. The van der Waals surface area contributed by atoms with Crippen LogP contribution in [0.5, 0.6) is 5.75 Å². The van der Waals surface area contributed by atoms with Gasteiger partial charge in [-0.1, -0.05) is 17.7 Å². The van der Waals surface area contributed by atoms with E-state index in [2.05, 4.69) is 10.0 Å². The third kappa shape index (κ3) is 5.30. The van der Waals surface area contributed by atoms with Crippen LogP contribution < -0.4 is 14.8 Å². The Bertz CT molecular complexity index is 846. The Morgan fingerprint density at radius 1 is 1.08 bits per heavy atom. The largest absolute Gasteiger partial charge is 0.494 e. The van der Waals surface area contributed by atoms with Gasteiger partial charge in [0.05, 0.1) is 18.0 Å². The van der Waals surface area contributed by atoms with E-state index in [-0.39, 0.29) is 11.4 Å². The highest BCUT2D eigenvalue weighted by Gasteiger charge is 2.16. The van der Waals surface area contributed by atoms with Gasteiger partial charge in [0.25, 0.3) is 0 Å². The molecule has 134 valence electrons. The number of rotatable bonds is 7. The lowest BCUT2D eigenvalue weighted by Gasteiger charge is -2.11. The summed E-state index contributed by atoms with van der Waals surface area (Å²) in [5.41, 5.74) is 2.67. The van der Waals surface area contributed by atoms with Crippen molar-refractivity contribution in [3.05, 3.63) is 53.6 Å². The van der Waals surface area contributed by atoms with Crippen LogP contribution in [0.25, 0.3) is 0 Å². The number of anilines is 1. The number of hydrogen-bond acceptors (Lipinski definition) is 4. The quantitative estimate of drug-likeness (QED) is 0.793. The minimum absolute atomic E-state index is 0.0790. The van der Waals surface area contributed by atoms with E-state index in [4.69, 9.17) is 4.74 Å². The van der Waals surface area contributed by atoms with Crippen molar-refractivity contribution in [2.75, 3.05) is 18.5 Å². The van der Waals surface area contributed by atoms with Crippen LogP contribution in [0.15, 0.2) is 47.4 Å². The summed E-state index contributed by atoms with van der Waals surface area (Å²) >= 11 is 0. The molecule has 0 spiro atoms. The van der Waals surface area contributed by atoms with E-state index in [0.717, 1.165) is 11.1 Å². The van der Waals surface area contributed by atoms with Crippen LogP contribution in [-0.4, -0.2) is 27.5 Å². The molecule has 2 N–H and O–H groups in total. The second-order valence-corrected chi connectivity index (χ2v) is 7.36. The molecule has 1 amide bonds. The average molecular weight is 362 g/mol. The summed E-state index contributed by atoms with van der Waals surface area (Å²) in [6.07, 6.45) is 0. The molecule has 2 aromatic carbocycles. The van der Waals surface area contributed by atoms with E-state index in [0.29, 0.717) is 18.0 Å². The maximum atomic E-state index is 12.2. The number of amides is 1. The monoisotopic (exact) mass is 362 g/mol. The molecule has 2 rings (SSSR count). The van der Waals surface area contributed by atoms with Crippen LogP contribution in [-0.2, 0) is 14.8 Å². The zero-order valence-corrected chi connectivity index (χ0v) is 15.3. The minimum atomic E-state index is -3.76. The maximum Gasteiger partial charge on any atom is 0.241 e. The average Bonchev–Trinajstić information content (AvgIpc) is 2.57. The van der Waals surface area contributed by atoms with Gasteiger partial charge in [-0.05, 0) is 56.7 Å². The number of hydrogen-bond donors (Lipinski definition) is 2. The van der Waals surface area contributed by atoms with Crippen LogP contribution in [0.1, 0.15) is 18.1 Å². The number of aryl methyl sites for hydroxylation is 2. The molecule has 0 fully saturated rings. The van der Waals surface area contributed by atoms with Gasteiger partial charge in [-0.25, -0.2) is 13.1 Å². The first-order chi connectivity index (χ1) is 11.8. The summed E-state index contributed by atoms with van der Waals surface area (Å²) < 4.78 is 32.1.